The minimum atomic E-state index is -4.40. The molecule has 2 unspecified atom stereocenters. The first-order chi connectivity index (χ1) is 13.5. The van der Waals surface area contributed by atoms with Crippen molar-refractivity contribution in [3.63, 3.8) is 0 Å². The monoisotopic (exact) mass is 394 g/mol. The van der Waals surface area contributed by atoms with Crippen LogP contribution in [0.4, 0.5) is 18.9 Å². The van der Waals surface area contributed by atoms with Crippen LogP contribution in [0, 0.1) is 5.92 Å². The second-order valence-electron chi connectivity index (χ2n) is 8.34. The fourth-order valence-corrected chi connectivity index (χ4v) is 4.78. The zero-order valence-electron chi connectivity index (χ0n) is 15.7. The molecular weight excluding hydrogens is 369 g/mol. The Labute approximate surface area is 162 Å². The molecule has 2 atom stereocenters. The van der Waals surface area contributed by atoms with Gasteiger partial charge in [-0.3, -0.25) is 0 Å². The Morgan fingerprint density at radius 3 is 2.46 bits per heavy atom. The molecule has 3 fully saturated rings. The zero-order valence-corrected chi connectivity index (χ0v) is 15.7. The normalized spacial score (nSPS) is 30.1. The molecule has 0 aromatic heterocycles. The summed E-state index contributed by atoms with van der Waals surface area (Å²) in [5, 5.41) is 3.59. The van der Waals surface area contributed by atoms with Crippen molar-refractivity contribution >= 4 is 5.69 Å². The highest BCUT2D eigenvalue weighted by Crippen LogP contribution is 2.45. The van der Waals surface area contributed by atoms with Gasteiger partial charge in [0.25, 0.3) is 0 Å². The van der Waals surface area contributed by atoms with Crippen LogP contribution in [-0.4, -0.2) is 31.5 Å². The molecule has 1 aliphatic carbocycles. The van der Waals surface area contributed by atoms with Crippen LogP contribution in [0.2, 0.25) is 0 Å². The quantitative estimate of drug-likeness (QED) is 0.802. The number of halogens is 3. The van der Waals surface area contributed by atoms with Gasteiger partial charge in [0.05, 0.1) is 29.7 Å². The lowest BCUT2D eigenvalue weighted by molar-refractivity contribution is -0.137. The van der Waals surface area contributed by atoms with Crippen molar-refractivity contribution in [3.8, 4) is 0 Å². The van der Waals surface area contributed by atoms with Gasteiger partial charge < -0.3 is 19.7 Å². The van der Waals surface area contributed by atoms with Crippen LogP contribution in [0.25, 0.3) is 0 Å². The summed E-state index contributed by atoms with van der Waals surface area (Å²) < 4.78 is 52.7. The second kappa shape index (κ2) is 6.95. The van der Waals surface area contributed by atoms with Gasteiger partial charge in [0.2, 0.25) is 0 Å². The number of para-hydroxylation sites is 1. The van der Waals surface area contributed by atoms with E-state index in [-0.39, 0.29) is 18.5 Å². The van der Waals surface area contributed by atoms with E-state index in [0.717, 1.165) is 43.2 Å². The lowest BCUT2D eigenvalue weighted by atomic mass is 10.0. The zero-order chi connectivity index (χ0) is 19.3. The maximum Gasteiger partial charge on any atom is 0.418 e. The Hall–Kier alpha value is -1.73. The number of fused-ring (bicyclic) bond motifs is 2. The van der Waals surface area contributed by atoms with Crippen molar-refractivity contribution in [1.29, 1.82) is 0 Å². The highest BCUT2D eigenvalue weighted by Gasteiger charge is 2.41. The van der Waals surface area contributed by atoms with Crippen LogP contribution in [0.5, 0.6) is 0 Å². The van der Waals surface area contributed by atoms with Crippen molar-refractivity contribution in [2.75, 3.05) is 18.2 Å². The first-order valence-electron chi connectivity index (χ1n) is 10.2. The molecule has 3 heterocycles. The molecule has 1 saturated carbocycles. The van der Waals surface area contributed by atoms with E-state index < -0.39 is 11.7 Å². The summed E-state index contributed by atoms with van der Waals surface area (Å²) in [5.74, 6) is 1.15. The second-order valence-corrected chi connectivity index (χ2v) is 8.34. The predicted molar refractivity (Wildman–Crippen MR) is 98.5 cm³/mol. The number of piperidine rings is 1. The van der Waals surface area contributed by atoms with Crippen LogP contribution in [0.3, 0.4) is 0 Å². The van der Waals surface area contributed by atoms with Crippen molar-refractivity contribution in [2.45, 2.75) is 62.9 Å². The van der Waals surface area contributed by atoms with Crippen LogP contribution >= 0.6 is 0 Å². The first-order valence-corrected chi connectivity index (χ1v) is 10.2. The van der Waals surface area contributed by atoms with Crippen molar-refractivity contribution < 1.29 is 22.6 Å². The molecule has 4 nitrogen and oxygen atoms in total. The summed E-state index contributed by atoms with van der Waals surface area (Å²) in [5.41, 5.74) is 0.285. The molecular formula is C21H25F3N2O2. The number of benzene rings is 1. The Kier molecular flexibility index (Phi) is 4.55. The van der Waals surface area contributed by atoms with Crippen LogP contribution in [0.15, 0.2) is 35.7 Å². The Balaban J connectivity index is 1.38. The number of hydrogen-bond acceptors (Lipinski definition) is 4. The number of hydrogen-bond donors (Lipinski definition) is 1. The average molecular weight is 394 g/mol. The molecule has 7 heteroatoms. The number of alkyl halides is 3. The number of anilines is 1. The summed E-state index contributed by atoms with van der Waals surface area (Å²) in [6.07, 6.45) is 2.15. The lowest BCUT2D eigenvalue weighted by Crippen LogP contribution is -2.41. The molecule has 1 aromatic rings. The number of nitrogens with one attached hydrogen (secondary N) is 1. The van der Waals surface area contributed by atoms with Gasteiger partial charge in [-0.2, -0.15) is 13.2 Å². The van der Waals surface area contributed by atoms with E-state index in [9.17, 15) is 13.2 Å². The third-order valence-corrected chi connectivity index (χ3v) is 6.29. The summed E-state index contributed by atoms with van der Waals surface area (Å²) in [6.45, 7) is 0.428. The molecule has 0 amide bonds. The maximum absolute atomic E-state index is 13.5. The highest BCUT2D eigenvalue weighted by atomic mass is 19.4. The fourth-order valence-electron chi connectivity index (χ4n) is 4.78. The largest absolute Gasteiger partial charge is 0.475 e. The number of ether oxygens (including phenoxy) is 2. The van der Waals surface area contributed by atoms with E-state index in [4.69, 9.17) is 9.47 Å². The van der Waals surface area contributed by atoms with Crippen LogP contribution in [0.1, 0.15) is 44.1 Å². The van der Waals surface area contributed by atoms with Gasteiger partial charge in [-0.1, -0.05) is 12.1 Å². The van der Waals surface area contributed by atoms with E-state index >= 15 is 0 Å². The molecule has 1 aromatic carbocycles. The average Bonchev–Trinajstić information content (AvgIpc) is 3.34. The van der Waals surface area contributed by atoms with Gasteiger partial charge in [-0.15, -0.1) is 0 Å². The van der Waals surface area contributed by atoms with Crippen LogP contribution in [-0.2, 0) is 15.7 Å². The van der Waals surface area contributed by atoms with Gasteiger partial charge in [0.15, 0.2) is 6.73 Å². The van der Waals surface area contributed by atoms with E-state index in [0.29, 0.717) is 24.6 Å². The van der Waals surface area contributed by atoms with Gasteiger partial charge in [-0.05, 0) is 50.7 Å². The maximum atomic E-state index is 13.5. The Bertz CT molecular complexity index is 763. The molecule has 0 radical (unpaired) electrons. The molecule has 1 N–H and O–H groups in total. The fraction of sp³-hybridized carbons (Fsp3) is 0.619. The van der Waals surface area contributed by atoms with E-state index in [1.807, 2.05) is 0 Å². The molecule has 5 rings (SSSR count). The van der Waals surface area contributed by atoms with Gasteiger partial charge in [0, 0.05) is 18.0 Å². The minimum absolute atomic E-state index is 0.120. The summed E-state index contributed by atoms with van der Waals surface area (Å²) in [4.78, 5) is 1.66. The van der Waals surface area contributed by atoms with E-state index in [2.05, 4.69) is 5.32 Å². The smallest absolute Gasteiger partial charge is 0.418 e. The van der Waals surface area contributed by atoms with Crippen molar-refractivity contribution in [3.05, 3.63) is 41.3 Å². The molecule has 2 saturated heterocycles. The highest BCUT2D eigenvalue weighted by molar-refractivity contribution is 5.60. The standard InChI is InChI=1S/C21H25F3N2O2/c22-21(23,24)17-3-1-2-4-18(17)26-12-28-20(13-5-6-13)19(26)11-27-16-9-14-7-8-15(10-16)25-14/h1-4,13-16,25H,5-12H2. The molecule has 28 heavy (non-hydrogen) atoms. The van der Waals surface area contributed by atoms with Crippen molar-refractivity contribution in [2.24, 2.45) is 5.92 Å². The number of rotatable bonds is 5. The minimum Gasteiger partial charge on any atom is -0.475 e. The third kappa shape index (κ3) is 3.50. The first kappa shape index (κ1) is 18.3. The lowest BCUT2D eigenvalue weighted by Gasteiger charge is -2.30. The van der Waals surface area contributed by atoms with E-state index in [1.165, 1.54) is 25.0 Å². The molecule has 152 valence electrons. The third-order valence-electron chi connectivity index (χ3n) is 6.29. The summed E-state index contributed by atoms with van der Waals surface area (Å²) in [6, 6.07) is 6.75. The predicted octanol–water partition coefficient (Wildman–Crippen LogP) is 4.42. The summed E-state index contributed by atoms with van der Waals surface area (Å²) >= 11 is 0. The Morgan fingerprint density at radius 1 is 1.07 bits per heavy atom. The Morgan fingerprint density at radius 2 is 1.79 bits per heavy atom. The topological polar surface area (TPSA) is 33.7 Å². The number of allylic oxidation sites excluding steroid dienone is 1. The SMILES string of the molecule is FC(F)(F)c1ccccc1N1COC(C2CC2)=C1COC1CC2CCC(C1)N2. The molecule has 0 spiro atoms. The van der Waals surface area contributed by atoms with E-state index in [1.54, 1.807) is 11.0 Å². The molecule has 4 aliphatic rings. The number of nitrogens with zero attached hydrogens (tertiary/aromatic N) is 1. The van der Waals surface area contributed by atoms with Gasteiger partial charge >= 0.3 is 6.18 Å². The summed E-state index contributed by atoms with van der Waals surface area (Å²) in [7, 11) is 0. The van der Waals surface area contributed by atoms with Gasteiger partial charge in [-0.25, -0.2) is 0 Å². The molecule has 3 aliphatic heterocycles. The van der Waals surface area contributed by atoms with Crippen molar-refractivity contribution in [1.82, 2.24) is 5.32 Å². The molecule has 2 bridgehead atoms. The van der Waals surface area contributed by atoms with Crippen LogP contribution < -0.4 is 10.2 Å². The van der Waals surface area contributed by atoms with Gasteiger partial charge in [0.1, 0.15) is 5.76 Å².